The lowest BCUT2D eigenvalue weighted by molar-refractivity contribution is -0.0190. The zero-order valence-electron chi connectivity index (χ0n) is 11.0. The zero-order chi connectivity index (χ0) is 13.0. The molecule has 18 heavy (non-hydrogen) atoms. The minimum absolute atomic E-state index is 0.245. The summed E-state index contributed by atoms with van der Waals surface area (Å²) in [6, 6.07) is 8.21. The molecule has 4 heteroatoms. The van der Waals surface area contributed by atoms with Crippen LogP contribution in [0.4, 0.5) is 0 Å². The van der Waals surface area contributed by atoms with Crippen LogP contribution in [0.3, 0.4) is 0 Å². The number of likely N-dealkylation sites (N-methyl/N-ethyl adjacent to an activating group) is 1. The van der Waals surface area contributed by atoms with Crippen LogP contribution in [0.1, 0.15) is 18.5 Å². The van der Waals surface area contributed by atoms with Crippen LogP contribution in [-0.2, 0) is 4.74 Å². The molecule has 2 unspecified atom stereocenters. The Kier molecular flexibility index (Phi) is 5.01. The summed E-state index contributed by atoms with van der Waals surface area (Å²) in [5.41, 5.74) is 1.14. The molecule has 1 saturated heterocycles. The van der Waals surface area contributed by atoms with E-state index in [0.717, 1.165) is 36.8 Å². The Morgan fingerprint density at radius 2 is 2.28 bits per heavy atom. The van der Waals surface area contributed by atoms with Gasteiger partial charge in [0.2, 0.25) is 0 Å². The largest absolute Gasteiger partial charge is 0.374 e. The van der Waals surface area contributed by atoms with Crippen molar-refractivity contribution < 1.29 is 4.74 Å². The summed E-state index contributed by atoms with van der Waals surface area (Å²) in [4.78, 5) is 2.30. The van der Waals surface area contributed by atoms with E-state index < -0.39 is 0 Å². The van der Waals surface area contributed by atoms with E-state index in [1.165, 1.54) is 0 Å². The summed E-state index contributed by atoms with van der Waals surface area (Å²) in [7, 11) is 2.13. The first-order chi connectivity index (χ1) is 8.66. The summed E-state index contributed by atoms with van der Waals surface area (Å²) in [5, 5.41) is 4.31. The number of hydrogen-bond acceptors (Lipinski definition) is 3. The number of rotatable bonds is 4. The molecule has 0 aromatic heterocycles. The predicted molar refractivity (Wildman–Crippen MR) is 75.1 cm³/mol. The van der Waals surface area contributed by atoms with Gasteiger partial charge in [-0.2, -0.15) is 0 Å². The van der Waals surface area contributed by atoms with E-state index in [0.29, 0.717) is 0 Å². The van der Waals surface area contributed by atoms with Gasteiger partial charge in [0, 0.05) is 30.7 Å². The number of nitrogens with zero attached hydrogens (tertiary/aromatic N) is 1. The standard InChI is InChI=1S/C14H21ClN2O/c1-11(13-5-3-4-6-14(13)15)16-9-12-10-17(2)7-8-18-12/h3-6,11-12,16H,7-10H2,1-2H3. The smallest absolute Gasteiger partial charge is 0.0826 e. The number of benzene rings is 1. The first-order valence-electron chi connectivity index (χ1n) is 6.45. The van der Waals surface area contributed by atoms with Gasteiger partial charge in [-0.3, -0.25) is 0 Å². The van der Waals surface area contributed by atoms with Gasteiger partial charge in [0.1, 0.15) is 0 Å². The fourth-order valence-electron chi connectivity index (χ4n) is 2.23. The van der Waals surface area contributed by atoms with Gasteiger partial charge in [0.05, 0.1) is 12.7 Å². The highest BCUT2D eigenvalue weighted by Crippen LogP contribution is 2.22. The van der Waals surface area contributed by atoms with Crippen molar-refractivity contribution in [1.29, 1.82) is 0 Å². The average molecular weight is 269 g/mol. The number of halogens is 1. The topological polar surface area (TPSA) is 24.5 Å². The Morgan fingerprint density at radius 1 is 1.50 bits per heavy atom. The Labute approximate surface area is 114 Å². The fourth-order valence-corrected chi connectivity index (χ4v) is 2.53. The molecule has 0 amide bonds. The second-order valence-electron chi connectivity index (χ2n) is 4.91. The van der Waals surface area contributed by atoms with Crippen molar-refractivity contribution in [3.05, 3.63) is 34.9 Å². The zero-order valence-corrected chi connectivity index (χ0v) is 11.8. The minimum atomic E-state index is 0.245. The third-order valence-corrected chi connectivity index (χ3v) is 3.71. The quantitative estimate of drug-likeness (QED) is 0.907. The number of morpholine rings is 1. The Bertz CT molecular complexity index is 386. The summed E-state index contributed by atoms with van der Waals surface area (Å²) >= 11 is 6.18. The van der Waals surface area contributed by atoms with E-state index in [1.54, 1.807) is 0 Å². The lowest BCUT2D eigenvalue weighted by Gasteiger charge is -2.31. The van der Waals surface area contributed by atoms with Crippen LogP contribution in [0.2, 0.25) is 5.02 Å². The van der Waals surface area contributed by atoms with E-state index in [-0.39, 0.29) is 12.1 Å². The molecule has 1 N–H and O–H groups in total. The van der Waals surface area contributed by atoms with E-state index in [9.17, 15) is 0 Å². The normalized spacial score (nSPS) is 22.9. The molecule has 0 spiro atoms. The van der Waals surface area contributed by atoms with E-state index in [4.69, 9.17) is 16.3 Å². The third-order valence-electron chi connectivity index (χ3n) is 3.37. The highest BCUT2D eigenvalue weighted by Gasteiger charge is 2.18. The highest BCUT2D eigenvalue weighted by molar-refractivity contribution is 6.31. The third kappa shape index (κ3) is 3.69. The molecule has 1 fully saturated rings. The van der Waals surface area contributed by atoms with Crippen LogP contribution < -0.4 is 5.32 Å². The van der Waals surface area contributed by atoms with Crippen LogP contribution in [0.25, 0.3) is 0 Å². The molecule has 1 aromatic rings. The molecule has 1 heterocycles. The molecule has 0 saturated carbocycles. The monoisotopic (exact) mass is 268 g/mol. The van der Waals surface area contributed by atoms with Crippen molar-refractivity contribution in [1.82, 2.24) is 10.2 Å². The first kappa shape index (κ1) is 13.8. The molecule has 2 rings (SSSR count). The molecular weight excluding hydrogens is 248 g/mol. The van der Waals surface area contributed by atoms with Crippen LogP contribution >= 0.6 is 11.6 Å². The molecular formula is C14H21ClN2O. The molecule has 0 aliphatic carbocycles. The van der Waals surface area contributed by atoms with Gasteiger partial charge in [-0.05, 0) is 25.6 Å². The maximum atomic E-state index is 6.18. The second-order valence-corrected chi connectivity index (χ2v) is 5.31. The van der Waals surface area contributed by atoms with Crippen LogP contribution in [0.5, 0.6) is 0 Å². The van der Waals surface area contributed by atoms with Gasteiger partial charge in [-0.1, -0.05) is 29.8 Å². The van der Waals surface area contributed by atoms with Crippen LogP contribution in [-0.4, -0.2) is 44.3 Å². The Balaban J connectivity index is 1.84. The van der Waals surface area contributed by atoms with E-state index in [1.807, 2.05) is 18.2 Å². The first-order valence-corrected chi connectivity index (χ1v) is 6.82. The maximum absolute atomic E-state index is 6.18. The predicted octanol–water partition coefficient (Wildman–Crippen LogP) is 2.32. The van der Waals surface area contributed by atoms with Crippen molar-refractivity contribution in [3.8, 4) is 0 Å². The van der Waals surface area contributed by atoms with Gasteiger partial charge >= 0.3 is 0 Å². The Hall–Kier alpha value is -0.610. The summed E-state index contributed by atoms with van der Waals surface area (Å²) in [5.74, 6) is 0. The van der Waals surface area contributed by atoms with E-state index in [2.05, 4.69) is 30.3 Å². The van der Waals surface area contributed by atoms with Crippen molar-refractivity contribution >= 4 is 11.6 Å². The van der Waals surface area contributed by atoms with Crippen molar-refractivity contribution in [2.24, 2.45) is 0 Å². The summed E-state index contributed by atoms with van der Waals surface area (Å²) in [6.07, 6.45) is 0.272. The van der Waals surface area contributed by atoms with Gasteiger partial charge in [-0.15, -0.1) is 0 Å². The molecule has 3 nitrogen and oxygen atoms in total. The molecule has 1 aliphatic heterocycles. The van der Waals surface area contributed by atoms with Crippen molar-refractivity contribution in [2.45, 2.75) is 19.1 Å². The molecule has 1 aliphatic rings. The van der Waals surface area contributed by atoms with Gasteiger partial charge in [-0.25, -0.2) is 0 Å². The highest BCUT2D eigenvalue weighted by atomic mass is 35.5. The van der Waals surface area contributed by atoms with Gasteiger partial charge in [0.15, 0.2) is 0 Å². The fraction of sp³-hybridized carbons (Fsp3) is 0.571. The minimum Gasteiger partial charge on any atom is -0.374 e. The molecule has 100 valence electrons. The lowest BCUT2D eigenvalue weighted by atomic mass is 10.1. The van der Waals surface area contributed by atoms with Crippen LogP contribution in [0.15, 0.2) is 24.3 Å². The number of nitrogens with one attached hydrogen (secondary N) is 1. The maximum Gasteiger partial charge on any atom is 0.0826 e. The second kappa shape index (κ2) is 6.53. The summed E-state index contributed by atoms with van der Waals surface area (Å²) < 4.78 is 5.73. The lowest BCUT2D eigenvalue weighted by Crippen LogP contribution is -2.45. The molecule has 2 atom stereocenters. The average Bonchev–Trinajstić information content (AvgIpc) is 2.37. The van der Waals surface area contributed by atoms with Gasteiger partial charge in [0.25, 0.3) is 0 Å². The number of ether oxygens (including phenoxy) is 1. The SMILES string of the molecule is CC(NCC1CN(C)CCO1)c1ccccc1Cl. The molecule has 0 radical (unpaired) electrons. The summed E-state index contributed by atoms with van der Waals surface area (Å²) in [6.45, 7) is 5.83. The Morgan fingerprint density at radius 3 is 3.00 bits per heavy atom. The van der Waals surface area contributed by atoms with Crippen molar-refractivity contribution in [3.63, 3.8) is 0 Å². The molecule has 0 bridgehead atoms. The van der Waals surface area contributed by atoms with E-state index >= 15 is 0 Å². The van der Waals surface area contributed by atoms with Crippen LogP contribution in [0, 0.1) is 0 Å². The number of hydrogen-bond donors (Lipinski definition) is 1. The van der Waals surface area contributed by atoms with Gasteiger partial charge < -0.3 is 15.0 Å². The van der Waals surface area contributed by atoms with Crippen molar-refractivity contribution in [2.75, 3.05) is 33.3 Å². The molecule has 1 aromatic carbocycles.